The quantitative estimate of drug-likeness (QED) is 0.434. The summed E-state index contributed by atoms with van der Waals surface area (Å²) in [6, 6.07) is 18.8. The van der Waals surface area contributed by atoms with Crippen molar-refractivity contribution < 1.29 is 13.1 Å². The highest BCUT2D eigenvalue weighted by Gasteiger charge is 2.31. The molecule has 0 aliphatic rings. The van der Waals surface area contributed by atoms with E-state index in [0.29, 0.717) is 18.4 Å². The van der Waals surface area contributed by atoms with Gasteiger partial charge in [-0.3, -0.25) is 10.1 Å². The highest BCUT2D eigenvalue weighted by atomic mass is 32.2. The summed E-state index contributed by atoms with van der Waals surface area (Å²) >= 11 is 0. The highest BCUT2D eigenvalue weighted by molar-refractivity contribution is 7.84. The van der Waals surface area contributed by atoms with Crippen molar-refractivity contribution in [1.82, 2.24) is 10.1 Å². The van der Waals surface area contributed by atoms with Crippen LogP contribution in [0.2, 0.25) is 0 Å². The summed E-state index contributed by atoms with van der Waals surface area (Å²) in [5.41, 5.74) is 4.21. The van der Waals surface area contributed by atoms with E-state index in [2.05, 4.69) is 10.1 Å². The summed E-state index contributed by atoms with van der Waals surface area (Å²) in [5, 5.41) is 11.1. The van der Waals surface area contributed by atoms with E-state index >= 15 is 0 Å². The van der Waals surface area contributed by atoms with Crippen LogP contribution in [0.4, 0.5) is 4.39 Å². The molecule has 2 heterocycles. The molecule has 0 aliphatic carbocycles. The van der Waals surface area contributed by atoms with Crippen LogP contribution in [-0.4, -0.2) is 19.1 Å². The summed E-state index contributed by atoms with van der Waals surface area (Å²) in [4.78, 5) is 4.24. The van der Waals surface area contributed by atoms with Crippen molar-refractivity contribution >= 4 is 22.0 Å². The van der Waals surface area contributed by atoms with E-state index in [1.807, 2.05) is 62.4 Å². The summed E-state index contributed by atoms with van der Waals surface area (Å²) in [6.07, 6.45) is 2.32. The fourth-order valence-electron chi connectivity index (χ4n) is 3.90. The fourth-order valence-corrected chi connectivity index (χ4v) is 4.26. The maximum atomic E-state index is 13.4. The molecule has 0 fully saturated rings. The van der Waals surface area contributed by atoms with Crippen molar-refractivity contribution in [2.75, 3.05) is 0 Å². The lowest BCUT2D eigenvalue weighted by Crippen LogP contribution is -2.34. The minimum absolute atomic E-state index is 0.0628. The molecule has 0 saturated carbocycles. The second-order valence-corrected chi connectivity index (χ2v) is 9.94. The molecule has 0 spiro atoms. The van der Waals surface area contributed by atoms with Gasteiger partial charge in [0.2, 0.25) is 0 Å². The Morgan fingerprint density at radius 1 is 1.10 bits per heavy atom. The van der Waals surface area contributed by atoms with Crippen LogP contribution in [0.15, 0.2) is 71.4 Å². The number of fused-ring (bicyclic) bond motifs is 1. The van der Waals surface area contributed by atoms with Crippen LogP contribution in [0, 0.1) is 5.82 Å². The summed E-state index contributed by atoms with van der Waals surface area (Å²) < 4.78 is 30.5. The van der Waals surface area contributed by atoms with Gasteiger partial charge in [0.15, 0.2) is 5.58 Å². The van der Waals surface area contributed by atoms with Crippen molar-refractivity contribution in [2.24, 2.45) is 5.14 Å². The molecule has 2 N–H and O–H groups in total. The van der Waals surface area contributed by atoms with Gasteiger partial charge >= 0.3 is 0 Å². The molecule has 31 heavy (non-hydrogen) atoms. The first-order valence-corrected chi connectivity index (χ1v) is 11.3. The molecule has 7 heteroatoms. The number of rotatable bonds is 7. The van der Waals surface area contributed by atoms with E-state index in [1.54, 1.807) is 6.07 Å². The first-order chi connectivity index (χ1) is 14.8. The number of halogens is 1. The van der Waals surface area contributed by atoms with Gasteiger partial charge in [-0.1, -0.05) is 41.6 Å². The maximum Gasteiger partial charge on any atom is 0.167 e. The average Bonchev–Trinajstić information content (AvgIpc) is 3.18. The Morgan fingerprint density at radius 3 is 2.58 bits per heavy atom. The van der Waals surface area contributed by atoms with Gasteiger partial charge in [0, 0.05) is 16.6 Å². The highest BCUT2D eigenvalue weighted by Crippen LogP contribution is 2.38. The van der Waals surface area contributed by atoms with E-state index in [1.165, 1.54) is 12.3 Å². The van der Waals surface area contributed by atoms with Gasteiger partial charge in [0.1, 0.15) is 11.5 Å². The van der Waals surface area contributed by atoms with Crippen molar-refractivity contribution in [3.63, 3.8) is 0 Å². The maximum absolute atomic E-state index is 13.4. The first kappa shape index (κ1) is 21.3. The van der Waals surface area contributed by atoms with E-state index in [9.17, 15) is 8.60 Å². The van der Waals surface area contributed by atoms with E-state index in [4.69, 9.17) is 9.66 Å². The van der Waals surface area contributed by atoms with Crippen LogP contribution in [0.25, 0.3) is 22.2 Å². The Labute approximate surface area is 183 Å². The molecule has 0 radical (unpaired) electrons. The van der Waals surface area contributed by atoms with Crippen LogP contribution < -0.4 is 5.14 Å². The molecule has 0 amide bonds. The van der Waals surface area contributed by atoms with Crippen LogP contribution >= 0.6 is 0 Å². The van der Waals surface area contributed by atoms with Crippen LogP contribution in [0.3, 0.4) is 0 Å². The number of pyridine rings is 1. The smallest absolute Gasteiger partial charge is 0.167 e. The van der Waals surface area contributed by atoms with Gasteiger partial charge in [0.05, 0.1) is 21.9 Å². The zero-order valence-corrected chi connectivity index (χ0v) is 18.2. The Bertz CT molecular complexity index is 1220. The van der Waals surface area contributed by atoms with Crippen molar-refractivity contribution in [3.05, 3.63) is 83.9 Å². The minimum atomic E-state index is -1.51. The van der Waals surface area contributed by atoms with Crippen LogP contribution in [0.5, 0.6) is 0 Å². The first-order valence-electron chi connectivity index (χ1n) is 10.1. The summed E-state index contributed by atoms with van der Waals surface area (Å²) in [6.45, 7) is 3.78. The number of nitrogens with zero attached hydrogens (tertiary/aromatic N) is 2. The molecule has 4 rings (SSSR count). The lowest BCUT2D eigenvalue weighted by Gasteiger charge is -2.28. The lowest BCUT2D eigenvalue weighted by atomic mass is 9.83. The Hall–Kier alpha value is -2.90. The van der Waals surface area contributed by atoms with Crippen molar-refractivity contribution in [1.29, 1.82) is 0 Å². The topological polar surface area (TPSA) is 82.0 Å². The largest absolute Gasteiger partial charge is 0.356 e. The second-order valence-electron chi connectivity index (χ2n) is 8.24. The van der Waals surface area contributed by atoms with E-state index in [-0.39, 0.29) is 11.7 Å². The Balaban J connectivity index is 1.81. The van der Waals surface area contributed by atoms with Crippen molar-refractivity contribution in [2.45, 2.75) is 37.4 Å². The normalized spacial score (nSPS) is 13.9. The van der Waals surface area contributed by atoms with Gasteiger partial charge in [-0.05, 0) is 62.4 Å². The van der Waals surface area contributed by atoms with Crippen LogP contribution in [0.1, 0.15) is 37.4 Å². The third kappa shape index (κ3) is 4.57. The molecule has 2 aromatic heterocycles. The number of para-hydroxylation sites is 1. The Kier molecular flexibility index (Phi) is 5.98. The molecular weight excluding hydrogens is 413 g/mol. The molecule has 2 aromatic carbocycles. The van der Waals surface area contributed by atoms with Gasteiger partial charge in [-0.15, -0.1) is 0 Å². The molecule has 4 aromatic rings. The SMILES string of the molecule is CC(C)(C[C@H](Cc1ccc(F)cn1)c1ccccc1-c1noc2ccccc12)S(N)=O. The fraction of sp³-hybridized carbons (Fsp3) is 0.250. The molecular formula is C24H24FN3O2S. The van der Waals surface area contributed by atoms with Gasteiger partial charge in [-0.25, -0.2) is 8.60 Å². The number of aromatic nitrogens is 2. The number of benzene rings is 2. The summed E-state index contributed by atoms with van der Waals surface area (Å²) in [5.74, 6) is -0.440. The molecule has 0 saturated heterocycles. The monoisotopic (exact) mass is 437 g/mol. The zero-order valence-electron chi connectivity index (χ0n) is 17.4. The molecule has 0 bridgehead atoms. The van der Waals surface area contributed by atoms with Gasteiger partial charge in [-0.2, -0.15) is 0 Å². The minimum Gasteiger partial charge on any atom is -0.356 e. The number of hydrogen-bond donors (Lipinski definition) is 1. The Morgan fingerprint density at radius 2 is 1.84 bits per heavy atom. The number of nitrogens with two attached hydrogens (primary N) is 1. The molecule has 1 unspecified atom stereocenters. The third-order valence-corrected chi connectivity index (χ3v) is 6.82. The predicted octanol–water partition coefficient (Wildman–Crippen LogP) is 5.15. The van der Waals surface area contributed by atoms with Crippen LogP contribution in [-0.2, 0) is 17.4 Å². The van der Waals surface area contributed by atoms with E-state index in [0.717, 1.165) is 27.9 Å². The van der Waals surface area contributed by atoms with Gasteiger partial charge < -0.3 is 4.52 Å². The summed E-state index contributed by atoms with van der Waals surface area (Å²) in [7, 11) is -1.51. The van der Waals surface area contributed by atoms with E-state index < -0.39 is 15.7 Å². The lowest BCUT2D eigenvalue weighted by molar-refractivity contribution is 0.459. The van der Waals surface area contributed by atoms with Gasteiger partial charge in [0.25, 0.3) is 0 Å². The standard InChI is InChI=1S/C24H24FN3O2S/c1-24(2,31(26)29)14-16(13-18-12-11-17(25)15-27-18)19-7-3-4-8-20(19)23-21-9-5-6-10-22(21)30-28-23/h3-12,15-16H,13-14,26H2,1-2H3/t16-,31?/m0/s1. The molecule has 160 valence electrons. The average molecular weight is 438 g/mol. The molecule has 2 atom stereocenters. The third-order valence-electron chi connectivity index (χ3n) is 5.56. The van der Waals surface area contributed by atoms with Crippen molar-refractivity contribution in [3.8, 4) is 11.3 Å². The number of hydrogen-bond acceptors (Lipinski definition) is 4. The predicted molar refractivity (Wildman–Crippen MR) is 121 cm³/mol. The molecule has 5 nitrogen and oxygen atoms in total. The zero-order chi connectivity index (χ0) is 22.0. The second kappa shape index (κ2) is 8.69. The molecule has 0 aliphatic heterocycles.